The highest BCUT2D eigenvalue weighted by molar-refractivity contribution is 7.89. The molecule has 10 heteroatoms. The highest BCUT2D eigenvalue weighted by Crippen LogP contribution is 2.32. The van der Waals surface area contributed by atoms with Crippen molar-refractivity contribution in [2.45, 2.75) is 24.7 Å². The first kappa shape index (κ1) is 24.6. The molecule has 0 N–H and O–H groups in total. The van der Waals surface area contributed by atoms with E-state index < -0.39 is 16.0 Å². The van der Waals surface area contributed by atoms with Crippen molar-refractivity contribution in [2.75, 3.05) is 51.7 Å². The molecule has 1 fully saturated rings. The number of piperazine rings is 1. The number of nitrogens with zero attached hydrogens (tertiary/aromatic N) is 4. The van der Waals surface area contributed by atoms with Gasteiger partial charge in [0.2, 0.25) is 10.0 Å². The summed E-state index contributed by atoms with van der Waals surface area (Å²) in [5.74, 6) is -0.103. The Kier molecular flexibility index (Phi) is 7.51. The second-order valence-corrected chi connectivity index (χ2v) is 11.6. The van der Waals surface area contributed by atoms with Gasteiger partial charge in [-0.3, -0.25) is 0 Å². The van der Waals surface area contributed by atoms with Crippen molar-refractivity contribution in [1.82, 2.24) is 14.2 Å². The minimum atomic E-state index is -3.58. The van der Waals surface area contributed by atoms with E-state index in [2.05, 4.69) is 16.8 Å². The normalized spacial score (nSPS) is 15.2. The number of sulfonamides is 1. The molecule has 1 aliphatic heterocycles. The summed E-state index contributed by atoms with van der Waals surface area (Å²) in [6.07, 6.45) is 1.70. The molecule has 0 bridgehead atoms. The number of rotatable bonds is 8. The number of anilines is 1. The van der Waals surface area contributed by atoms with Crippen LogP contribution in [0.5, 0.6) is 5.75 Å². The van der Waals surface area contributed by atoms with E-state index in [1.807, 2.05) is 19.1 Å². The number of unbranched alkanes of at least 4 members (excludes halogenated alkanes) is 1. The lowest BCUT2D eigenvalue weighted by Crippen LogP contribution is -2.44. The van der Waals surface area contributed by atoms with E-state index in [9.17, 15) is 13.2 Å². The van der Waals surface area contributed by atoms with Crippen LogP contribution < -0.4 is 9.64 Å². The van der Waals surface area contributed by atoms with Crippen LogP contribution in [0.15, 0.2) is 47.4 Å². The molecule has 0 radical (unpaired) electrons. The fraction of sp³-hybridized carbons (Fsp3) is 0.417. The van der Waals surface area contributed by atoms with Gasteiger partial charge in [0.15, 0.2) is 5.13 Å². The summed E-state index contributed by atoms with van der Waals surface area (Å²) in [7, 11) is 0.109. The Labute approximate surface area is 204 Å². The monoisotopic (exact) mass is 502 g/mol. The van der Waals surface area contributed by atoms with Crippen LogP contribution in [0.2, 0.25) is 0 Å². The van der Waals surface area contributed by atoms with E-state index in [4.69, 9.17) is 9.72 Å². The van der Waals surface area contributed by atoms with Crippen LogP contribution in [-0.4, -0.2) is 75.4 Å². The number of carbonyl (C=O) groups is 1. The first-order chi connectivity index (χ1) is 16.3. The number of carbonyl (C=O) groups excluding carboxylic acids is 1. The predicted octanol–water partition coefficient (Wildman–Crippen LogP) is 3.69. The molecule has 2 heterocycles. The first-order valence-corrected chi connectivity index (χ1v) is 13.7. The molecule has 8 nitrogen and oxygen atoms in total. The average Bonchev–Trinajstić information content (AvgIpc) is 3.26. The summed E-state index contributed by atoms with van der Waals surface area (Å²) < 4.78 is 33.2. The van der Waals surface area contributed by atoms with E-state index in [-0.39, 0.29) is 10.5 Å². The average molecular weight is 503 g/mol. The number of fused-ring (bicyclic) bond motifs is 1. The number of esters is 1. The number of hydrogen-bond donors (Lipinski definition) is 0. The van der Waals surface area contributed by atoms with Gasteiger partial charge >= 0.3 is 5.97 Å². The number of hydrogen-bond acceptors (Lipinski definition) is 8. The van der Waals surface area contributed by atoms with Crippen LogP contribution >= 0.6 is 11.3 Å². The van der Waals surface area contributed by atoms with Gasteiger partial charge in [0.1, 0.15) is 5.75 Å². The molecule has 4 rings (SSSR count). The zero-order valence-corrected chi connectivity index (χ0v) is 21.4. The summed E-state index contributed by atoms with van der Waals surface area (Å²) in [6.45, 7) is 6.37. The molecule has 0 amide bonds. The molecule has 0 unspecified atom stereocenters. The molecule has 1 saturated heterocycles. The van der Waals surface area contributed by atoms with Gasteiger partial charge in [-0.1, -0.05) is 24.7 Å². The van der Waals surface area contributed by atoms with Crippen molar-refractivity contribution >= 4 is 42.7 Å². The Hall–Kier alpha value is -2.53. The summed E-state index contributed by atoms with van der Waals surface area (Å²) >= 11 is 1.59. The van der Waals surface area contributed by atoms with E-state index in [0.29, 0.717) is 12.3 Å². The Balaban J connectivity index is 1.44. The number of benzene rings is 2. The van der Waals surface area contributed by atoms with Crippen molar-refractivity contribution in [3.05, 3.63) is 48.0 Å². The second-order valence-electron chi connectivity index (χ2n) is 8.51. The third kappa shape index (κ3) is 5.41. The largest absolute Gasteiger partial charge is 0.423 e. The quantitative estimate of drug-likeness (QED) is 0.343. The summed E-state index contributed by atoms with van der Waals surface area (Å²) in [5, 5.41) is 0.979. The van der Waals surface area contributed by atoms with Gasteiger partial charge in [-0.05, 0) is 49.9 Å². The summed E-state index contributed by atoms with van der Waals surface area (Å²) in [4.78, 5) is 22.1. The highest BCUT2D eigenvalue weighted by atomic mass is 32.2. The SMILES string of the molecule is CCCCN(C)S(=O)(=O)c1ccc(C(=O)Oc2ccc3nc(N4CCN(C)CC4)sc3c2)cc1. The molecule has 2 aromatic carbocycles. The van der Waals surface area contributed by atoms with Gasteiger partial charge in [-0.15, -0.1) is 0 Å². The third-order valence-electron chi connectivity index (χ3n) is 5.96. The Bertz CT molecular complexity index is 1250. The molecule has 1 aliphatic rings. The highest BCUT2D eigenvalue weighted by Gasteiger charge is 2.21. The smallest absolute Gasteiger partial charge is 0.343 e. The molecular weight excluding hydrogens is 472 g/mol. The van der Waals surface area contributed by atoms with Crippen LogP contribution in [0.25, 0.3) is 10.2 Å². The molecular formula is C24H30N4O4S2. The summed E-state index contributed by atoms with van der Waals surface area (Å²) in [5.41, 5.74) is 1.16. The zero-order chi connectivity index (χ0) is 24.3. The van der Waals surface area contributed by atoms with Crippen molar-refractivity contribution < 1.29 is 17.9 Å². The molecule has 0 spiro atoms. The molecule has 0 atom stereocenters. The fourth-order valence-electron chi connectivity index (χ4n) is 3.70. The maximum atomic E-state index is 12.7. The van der Waals surface area contributed by atoms with Crippen LogP contribution in [0, 0.1) is 0 Å². The fourth-order valence-corrected chi connectivity index (χ4v) is 5.95. The van der Waals surface area contributed by atoms with Gasteiger partial charge in [0, 0.05) is 45.8 Å². The van der Waals surface area contributed by atoms with Gasteiger partial charge in [-0.25, -0.2) is 22.5 Å². The number of aromatic nitrogens is 1. The van der Waals surface area contributed by atoms with Crippen LogP contribution in [-0.2, 0) is 10.0 Å². The van der Waals surface area contributed by atoms with Crippen LogP contribution in [0.3, 0.4) is 0 Å². The Morgan fingerprint density at radius 2 is 1.82 bits per heavy atom. The minimum absolute atomic E-state index is 0.158. The number of ether oxygens (including phenoxy) is 1. The number of likely N-dealkylation sites (N-methyl/N-ethyl adjacent to an activating group) is 1. The maximum absolute atomic E-state index is 12.7. The molecule has 182 valence electrons. The standard InChI is InChI=1S/C24H30N4O4S2/c1-4-5-12-27(3)34(30,31)20-9-6-18(7-10-20)23(29)32-19-8-11-21-22(17-19)33-24(25-21)28-15-13-26(2)14-16-28/h6-11,17H,4-5,12-16H2,1-3H3. The first-order valence-electron chi connectivity index (χ1n) is 11.4. The zero-order valence-electron chi connectivity index (χ0n) is 19.7. The van der Waals surface area contributed by atoms with E-state index in [0.717, 1.165) is 54.4 Å². The predicted molar refractivity (Wildman–Crippen MR) is 135 cm³/mol. The van der Waals surface area contributed by atoms with E-state index >= 15 is 0 Å². The molecule has 0 aliphatic carbocycles. The van der Waals surface area contributed by atoms with Crippen molar-refractivity contribution in [2.24, 2.45) is 0 Å². The van der Waals surface area contributed by atoms with Crippen molar-refractivity contribution in [3.63, 3.8) is 0 Å². The lowest BCUT2D eigenvalue weighted by Gasteiger charge is -2.31. The Morgan fingerprint density at radius 3 is 2.50 bits per heavy atom. The minimum Gasteiger partial charge on any atom is -0.423 e. The maximum Gasteiger partial charge on any atom is 0.343 e. The number of thiazole rings is 1. The molecule has 1 aromatic heterocycles. The third-order valence-corrected chi connectivity index (χ3v) is 8.91. The van der Waals surface area contributed by atoms with E-state index in [1.165, 1.54) is 28.6 Å². The van der Waals surface area contributed by atoms with Crippen LogP contribution in [0.1, 0.15) is 30.1 Å². The van der Waals surface area contributed by atoms with Gasteiger partial charge in [0.05, 0.1) is 20.7 Å². The van der Waals surface area contributed by atoms with Crippen molar-refractivity contribution in [3.8, 4) is 5.75 Å². The van der Waals surface area contributed by atoms with E-state index in [1.54, 1.807) is 24.5 Å². The lowest BCUT2D eigenvalue weighted by atomic mass is 10.2. The van der Waals surface area contributed by atoms with Crippen LogP contribution in [0.4, 0.5) is 5.13 Å². The van der Waals surface area contributed by atoms with Gasteiger partial charge in [0.25, 0.3) is 0 Å². The topological polar surface area (TPSA) is 83.0 Å². The lowest BCUT2D eigenvalue weighted by molar-refractivity contribution is 0.0735. The summed E-state index contributed by atoms with van der Waals surface area (Å²) in [6, 6.07) is 11.3. The second kappa shape index (κ2) is 10.4. The Morgan fingerprint density at radius 1 is 1.12 bits per heavy atom. The van der Waals surface area contributed by atoms with Gasteiger partial charge in [-0.2, -0.15) is 0 Å². The van der Waals surface area contributed by atoms with Gasteiger partial charge < -0.3 is 14.5 Å². The molecule has 34 heavy (non-hydrogen) atoms. The van der Waals surface area contributed by atoms with Crippen molar-refractivity contribution in [1.29, 1.82) is 0 Å². The molecule has 0 saturated carbocycles. The molecule has 3 aromatic rings.